The fourth-order valence-electron chi connectivity index (χ4n) is 2.26. The predicted molar refractivity (Wildman–Crippen MR) is 89.4 cm³/mol. The Morgan fingerprint density at radius 1 is 0.958 bits per heavy atom. The van der Waals surface area contributed by atoms with Gasteiger partial charge in [-0.25, -0.2) is 4.39 Å². The highest BCUT2D eigenvalue weighted by molar-refractivity contribution is 5.90. The molecule has 1 N–H and O–H groups in total. The number of anilines is 1. The van der Waals surface area contributed by atoms with Crippen molar-refractivity contribution in [1.29, 1.82) is 0 Å². The molecule has 2 aromatic rings. The number of methoxy groups -OCH3 is 3. The maximum atomic E-state index is 13.6. The molecule has 0 spiro atoms. The van der Waals surface area contributed by atoms with Crippen LogP contribution in [0, 0.1) is 5.82 Å². The van der Waals surface area contributed by atoms with Crippen LogP contribution < -0.4 is 19.5 Å². The van der Waals surface area contributed by atoms with E-state index in [1.165, 1.54) is 19.2 Å². The molecule has 0 saturated heterocycles. The summed E-state index contributed by atoms with van der Waals surface area (Å²) in [5, 5.41) is 2.67. The average molecular weight is 333 g/mol. The van der Waals surface area contributed by atoms with Crippen LogP contribution in [0.4, 0.5) is 10.1 Å². The van der Waals surface area contributed by atoms with Crippen molar-refractivity contribution in [3.05, 3.63) is 47.8 Å². The van der Waals surface area contributed by atoms with Gasteiger partial charge in [-0.3, -0.25) is 4.79 Å². The van der Waals surface area contributed by atoms with Crippen molar-refractivity contribution < 1.29 is 23.4 Å². The van der Waals surface area contributed by atoms with Crippen LogP contribution in [0.5, 0.6) is 17.2 Å². The van der Waals surface area contributed by atoms with E-state index in [0.29, 0.717) is 23.6 Å². The van der Waals surface area contributed by atoms with Crippen LogP contribution >= 0.6 is 0 Å². The van der Waals surface area contributed by atoms with Crippen molar-refractivity contribution in [1.82, 2.24) is 0 Å². The molecule has 0 saturated carbocycles. The Hall–Kier alpha value is -2.76. The van der Waals surface area contributed by atoms with Crippen molar-refractivity contribution in [2.75, 3.05) is 26.6 Å². The monoisotopic (exact) mass is 333 g/mol. The summed E-state index contributed by atoms with van der Waals surface area (Å²) in [7, 11) is 4.52. The summed E-state index contributed by atoms with van der Waals surface area (Å²) < 4.78 is 28.9. The number of nitrogens with one attached hydrogen (secondary N) is 1. The molecule has 0 aliphatic carbocycles. The smallest absolute Gasteiger partial charge is 0.224 e. The number of carbonyl (C=O) groups is 1. The Balaban J connectivity index is 1.94. The number of hydrogen-bond acceptors (Lipinski definition) is 4. The van der Waals surface area contributed by atoms with Gasteiger partial charge in [-0.05, 0) is 36.2 Å². The summed E-state index contributed by atoms with van der Waals surface area (Å²) in [6, 6.07) is 9.80. The first-order chi connectivity index (χ1) is 11.6. The van der Waals surface area contributed by atoms with Gasteiger partial charge in [-0.15, -0.1) is 0 Å². The van der Waals surface area contributed by atoms with E-state index in [1.54, 1.807) is 26.4 Å². The SMILES string of the molecule is COc1ccc(NC(=O)CCc2ccc(OC)c(OC)c2)cc1F. The Morgan fingerprint density at radius 2 is 1.62 bits per heavy atom. The molecule has 0 atom stereocenters. The molecule has 0 fully saturated rings. The highest BCUT2D eigenvalue weighted by atomic mass is 19.1. The first kappa shape index (κ1) is 17.6. The second-order valence-electron chi connectivity index (χ2n) is 5.09. The van der Waals surface area contributed by atoms with Crippen LogP contribution in [0.25, 0.3) is 0 Å². The highest BCUT2D eigenvalue weighted by Crippen LogP contribution is 2.28. The van der Waals surface area contributed by atoms with E-state index in [2.05, 4.69) is 5.32 Å². The van der Waals surface area contributed by atoms with E-state index >= 15 is 0 Å². The summed E-state index contributed by atoms with van der Waals surface area (Å²) in [6.45, 7) is 0. The number of halogens is 1. The third-order valence-corrected chi connectivity index (χ3v) is 3.52. The van der Waals surface area contributed by atoms with Crippen molar-refractivity contribution in [3.8, 4) is 17.2 Å². The summed E-state index contributed by atoms with van der Waals surface area (Å²) in [4.78, 5) is 12.0. The molecule has 0 bridgehead atoms. The first-order valence-electron chi connectivity index (χ1n) is 7.41. The van der Waals surface area contributed by atoms with Crippen LogP contribution in [0.2, 0.25) is 0 Å². The zero-order valence-electron chi connectivity index (χ0n) is 13.9. The van der Waals surface area contributed by atoms with E-state index < -0.39 is 5.82 Å². The standard InChI is InChI=1S/C18H20FNO4/c1-22-15-8-6-13(11-14(15)19)20-18(21)9-5-12-4-7-16(23-2)17(10-12)24-3/h4,6-8,10-11H,5,9H2,1-3H3,(H,20,21). The zero-order valence-corrected chi connectivity index (χ0v) is 13.9. The van der Waals surface area contributed by atoms with Crippen molar-refractivity contribution >= 4 is 11.6 Å². The normalized spacial score (nSPS) is 10.2. The molecule has 128 valence electrons. The fraction of sp³-hybridized carbons (Fsp3) is 0.278. The predicted octanol–water partition coefficient (Wildman–Crippen LogP) is 3.42. The molecule has 6 heteroatoms. The van der Waals surface area contributed by atoms with Gasteiger partial charge in [0.2, 0.25) is 5.91 Å². The van der Waals surface area contributed by atoms with Gasteiger partial charge in [0.1, 0.15) is 0 Å². The number of ether oxygens (including phenoxy) is 3. The lowest BCUT2D eigenvalue weighted by atomic mass is 10.1. The Morgan fingerprint density at radius 3 is 2.25 bits per heavy atom. The summed E-state index contributed by atoms with van der Waals surface area (Å²) >= 11 is 0. The Labute approximate surface area is 140 Å². The summed E-state index contributed by atoms with van der Waals surface area (Å²) in [5.74, 6) is 0.676. The zero-order chi connectivity index (χ0) is 17.5. The van der Waals surface area contributed by atoms with Crippen molar-refractivity contribution in [2.24, 2.45) is 0 Å². The molecule has 2 aromatic carbocycles. The summed E-state index contributed by atoms with van der Waals surface area (Å²) in [5.41, 5.74) is 1.34. The van der Waals surface area contributed by atoms with E-state index in [0.717, 1.165) is 5.56 Å². The van der Waals surface area contributed by atoms with Crippen LogP contribution in [0.3, 0.4) is 0 Å². The van der Waals surface area contributed by atoms with Gasteiger partial charge in [0, 0.05) is 18.2 Å². The maximum absolute atomic E-state index is 13.6. The third kappa shape index (κ3) is 4.38. The Bertz CT molecular complexity index is 718. The van der Waals surface area contributed by atoms with Crippen LogP contribution in [-0.4, -0.2) is 27.2 Å². The van der Waals surface area contributed by atoms with E-state index in [-0.39, 0.29) is 18.1 Å². The van der Waals surface area contributed by atoms with Gasteiger partial charge in [-0.1, -0.05) is 6.07 Å². The van der Waals surface area contributed by atoms with E-state index in [9.17, 15) is 9.18 Å². The number of carbonyl (C=O) groups excluding carboxylic acids is 1. The number of amides is 1. The molecule has 0 heterocycles. The number of benzene rings is 2. The minimum atomic E-state index is -0.518. The highest BCUT2D eigenvalue weighted by Gasteiger charge is 2.09. The minimum Gasteiger partial charge on any atom is -0.494 e. The molecule has 5 nitrogen and oxygen atoms in total. The quantitative estimate of drug-likeness (QED) is 0.843. The second-order valence-corrected chi connectivity index (χ2v) is 5.09. The van der Waals surface area contributed by atoms with Gasteiger partial charge < -0.3 is 19.5 Å². The number of aryl methyl sites for hydroxylation is 1. The molecule has 24 heavy (non-hydrogen) atoms. The topological polar surface area (TPSA) is 56.8 Å². The first-order valence-corrected chi connectivity index (χ1v) is 7.41. The summed E-state index contributed by atoms with van der Waals surface area (Å²) in [6.07, 6.45) is 0.800. The van der Waals surface area contributed by atoms with Gasteiger partial charge in [-0.2, -0.15) is 0 Å². The van der Waals surface area contributed by atoms with Gasteiger partial charge >= 0.3 is 0 Å². The largest absolute Gasteiger partial charge is 0.494 e. The average Bonchev–Trinajstić information content (AvgIpc) is 2.59. The van der Waals surface area contributed by atoms with E-state index in [1.807, 2.05) is 12.1 Å². The fourth-order valence-corrected chi connectivity index (χ4v) is 2.26. The van der Waals surface area contributed by atoms with Crippen molar-refractivity contribution in [2.45, 2.75) is 12.8 Å². The lowest BCUT2D eigenvalue weighted by molar-refractivity contribution is -0.116. The molecule has 1 amide bonds. The number of hydrogen-bond donors (Lipinski definition) is 1. The van der Waals surface area contributed by atoms with Gasteiger partial charge in [0.25, 0.3) is 0 Å². The Kier molecular flexibility index (Phi) is 6.01. The number of rotatable bonds is 7. The van der Waals surface area contributed by atoms with Crippen LogP contribution in [0.15, 0.2) is 36.4 Å². The van der Waals surface area contributed by atoms with Crippen molar-refractivity contribution in [3.63, 3.8) is 0 Å². The van der Waals surface area contributed by atoms with Gasteiger partial charge in [0.15, 0.2) is 23.1 Å². The van der Waals surface area contributed by atoms with Crippen LogP contribution in [0.1, 0.15) is 12.0 Å². The van der Waals surface area contributed by atoms with E-state index in [4.69, 9.17) is 14.2 Å². The second kappa shape index (κ2) is 8.19. The molecule has 0 aliphatic rings. The molecule has 2 rings (SSSR count). The molecular weight excluding hydrogens is 313 g/mol. The minimum absolute atomic E-state index is 0.137. The van der Waals surface area contributed by atoms with Crippen LogP contribution in [-0.2, 0) is 11.2 Å². The lowest BCUT2D eigenvalue weighted by Gasteiger charge is -2.10. The molecule has 0 radical (unpaired) electrons. The molecule has 0 unspecified atom stereocenters. The third-order valence-electron chi connectivity index (χ3n) is 3.52. The lowest BCUT2D eigenvalue weighted by Crippen LogP contribution is -2.12. The molecule has 0 aromatic heterocycles. The van der Waals surface area contributed by atoms with Gasteiger partial charge in [0.05, 0.1) is 21.3 Å². The molecular formula is C18H20FNO4. The maximum Gasteiger partial charge on any atom is 0.224 e. The molecule has 0 aliphatic heterocycles.